The fourth-order valence-electron chi connectivity index (χ4n) is 1.47. The molecule has 0 unspecified atom stereocenters. The smallest absolute Gasteiger partial charge is 0.161 e. The number of hydrogen-bond acceptors (Lipinski definition) is 4. The molecule has 4 nitrogen and oxygen atoms in total. The Bertz CT molecular complexity index is 377. The van der Waals surface area contributed by atoms with Crippen LogP contribution < -0.4 is 15.2 Å². The summed E-state index contributed by atoms with van der Waals surface area (Å²) in [4.78, 5) is 0. The van der Waals surface area contributed by atoms with Gasteiger partial charge in [-0.05, 0) is 31.5 Å². The zero-order valence-corrected chi connectivity index (χ0v) is 11.7. The molecule has 0 fully saturated rings. The molecule has 0 saturated heterocycles. The third-order valence-corrected chi connectivity index (χ3v) is 2.98. The van der Waals surface area contributed by atoms with Crippen LogP contribution in [0.4, 0.5) is 0 Å². The summed E-state index contributed by atoms with van der Waals surface area (Å²) in [6.07, 6.45) is 0.811. The number of benzene rings is 1. The van der Waals surface area contributed by atoms with Crippen LogP contribution in [-0.4, -0.2) is 26.4 Å². The van der Waals surface area contributed by atoms with Gasteiger partial charge in [-0.3, -0.25) is 0 Å². The Morgan fingerprint density at radius 3 is 2.44 bits per heavy atom. The molecule has 0 aromatic heterocycles. The summed E-state index contributed by atoms with van der Waals surface area (Å²) in [5, 5.41) is 0. The molecule has 18 heavy (non-hydrogen) atoms. The molecule has 0 radical (unpaired) electrons. The SMILES string of the molecule is COc1cc(CN)ccc1OCCC(C)(C)OC. The highest BCUT2D eigenvalue weighted by molar-refractivity contribution is 5.42. The highest BCUT2D eigenvalue weighted by Crippen LogP contribution is 2.28. The van der Waals surface area contributed by atoms with Crippen molar-refractivity contribution < 1.29 is 14.2 Å². The topological polar surface area (TPSA) is 53.7 Å². The van der Waals surface area contributed by atoms with Crippen molar-refractivity contribution in [2.24, 2.45) is 5.73 Å². The highest BCUT2D eigenvalue weighted by Gasteiger charge is 2.16. The van der Waals surface area contributed by atoms with E-state index >= 15 is 0 Å². The van der Waals surface area contributed by atoms with Gasteiger partial charge in [0.25, 0.3) is 0 Å². The van der Waals surface area contributed by atoms with Crippen LogP contribution in [0.1, 0.15) is 25.8 Å². The standard InChI is InChI=1S/C14H23NO3/c1-14(2,17-4)7-8-18-12-6-5-11(10-15)9-13(12)16-3/h5-6,9H,7-8,10,15H2,1-4H3. The van der Waals surface area contributed by atoms with E-state index in [2.05, 4.69) is 0 Å². The van der Waals surface area contributed by atoms with Crippen molar-refractivity contribution >= 4 is 0 Å². The van der Waals surface area contributed by atoms with Gasteiger partial charge in [-0.25, -0.2) is 0 Å². The van der Waals surface area contributed by atoms with Gasteiger partial charge in [0.1, 0.15) is 0 Å². The van der Waals surface area contributed by atoms with Crippen LogP contribution >= 0.6 is 0 Å². The van der Waals surface area contributed by atoms with E-state index in [-0.39, 0.29) is 5.60 Å². The molecule has 0 heterocycles. The van der Waals surface area contributed by atoms with Crippen molar-refractivity contribution in [3.63, 3.8) is 0 Å². The minimum Gasteiger partial charge on any atom is -0.493 e. The predicted octanol–water partition coefficient (Wildman–Crippen LogP) is 2.35. The highest BCUT2D eigenvalue weighted by atomic mass is 16.5. The van der Waals surface area contributed by atoms with Crippen molar-refractivity contribution in [3.8, 4) is 11.5 Å². The van der Waals surface area contributed by atoms with Gasteiger partial charge >= 0.3 is 0 Å². The molecule has 0 aliphatic rings. The summed E-state index contributed by atoms with van der Waals surface area (Å²) < 4.78 is 16.3. The van der Waals surface area contributed by atoms with Crippen molar-refractivity contribution in [2.75, 3.05) is 20.8 Å². The lowest BCUT2D eigenvalue weighted by molar-refractivity contribution is 0.00525. The quantitative estimate of drug-likeness (QED) is 0.810. The molecular formula is C14H23NO3. The van der Waals surface area contributed by atoms with E-state index in [1.54, 1.807) is 14.2 Å². The second-order valence-corrected chi connectivity index (χ2v) is 4.75. The zero-order valence-electron chi connectivity index (χ0n) is 11.7. The van der Waals surface area contributed by atoms with Crippen LogP contribution in [0, 0.1) is 0 Å². The summed E-state index contributed by atoms with van der Waals surface area (Å²) in [6.45, 7) is 5.14. The van der Waals surface area contributed by atoms with Gasteiger partial charge in [-0.1, -0.05) is 6.07 Å². The maximum absolute atomic E-state index is 5.72. The summed E-state index contributed by atoms with van der Waals surface area (Å²) >= 11 is 0. The number of hydrogen-bond donors (Lipinski definition) is 1. The first-order valence-electron chi connectivity index (χ1n) is 6.07. The fourth-order valence-corrected chi connectivity index (χ4v) is 1.47. The molecule has 102 valence electrons. The Labute approximate surface area is 109 Å². The fraction of sp³-hybridized carbons (Fsp3) is 0.571. The molecule has 1 aromatic rings. The lowest BCUT2D eigenvalue weighted by atomic mass is 10.1. The summed E-state index contributed by atoms with van der Waals surface area (Å²) in [6, 6.07) is 5.73. The number of ether oxygens (including phenoxy) is 3. The van der Waals surface area contributed by atoms with E-state index in [0.29, 0.717) is 18.9 Å². The third kappa shape index (κ3) is 4.20. The largest absolute Gasteiger partial charge is 0.493 e. The Hall–Kier alpha value is -1.26. The molecule has 2 N–H and O–H groups in total. The zero-order chi connectivity index (χ0) is 13.6. The molecule has 1 rings (SSSR count). The van der Waals surface area contributed by atoms with Crippen LogP contribution in [0.5, 0.6) is 11.5 Å². The van der Waals surface area contributed by atoms with Gasteiger partial charge in [0.05, 0.1) is 19.3 Å². The normalized spacial score (nSPS) is 11.4. The first-order valence-corrected chi connectivity index (χ1v) is 6.07. The predicted molar refractivity (Wildman–Crippen MR) is 72.1 cm³/mol. The van der Waals surface area contributed by atoms with Gasteiger partial charge in [0.15, 0.2) is 11.5 Å². The molecule has 0 aliphatic heterocycles. The van der Waals surface area contributed by atoms with Crippen LogP contribution in [0.3, 0.4) is 0 Å². The van der Waals surface area contributed by atoms with Crippen LogP contribution in [0.2, 0.25) is 0 Å². The summed E-state index contributed by atoms with van der Waals surface area (Å²) in [5.74, 6) is 1.45. The Balaban J connectivity index is 2.62. The van der Waals surface area contributed by atoms with Crippen LogP contribution in [0.15, 0.2) is 18.2 Å². The molecule has 0 saturated carbocycles. The van der Waals surface area contributed by atoms with Crippen molar-refractivity contribution in [2.45, 2.75) is 32.4 Å². The minimum atomic E-state index is -0.176. The summed E-state index contributed by atoms with van der Waals surface area (Å²) in [5.41, 5.74) is 6.43. The first kappa shape index (κ1) is 14.8. The van der Waals surface area contributed by atoms with Gasteiger partial charge < -0.3 is 19.9 Å². The van der Waals surface area contributed by atoms with E-state index in [1.807, 2.05) is 32.0 Å². The average molecular weight is 253 g/mol. The third-order valence-electron chi connectivity index (χ3n) is 2.98. The van der Waals surface area contributed by atoms with E-state index in [9.17, 15) is 0 Å². The Kier molecular flexibility index (Phi) is 5.44. The van der Waals surface area contributed by atoms with Crippen molar-refractivity contribution in [1.82, 2.24) is 0 Å². The molecule has 4 heteroatoms. The second-order valence-electron chi connectivity index (χ2n) is 4.75. The van der Waals surface area contributed by atoms with E-state index in [4.69, 9.17) is 19.9 Å². The molecule has 0 aliphatic carbocycles. The molecule has 0 spiro atoms. The maximum Gasteiger partial charge on any atom is 0.161 e. The lowest BCUT2D eigenvalue weighted by Crippen LogP contribution is -2.25. The van der Waals surface area contributed by atoms with E-state index in [0.717, 1.165) is 17.7 Å². The van der Waals surface area contributed by atoms with E-state index < -0.39 is 0 Å². The number of methoxy groups -OCH3 is 2. The monoisotopic (exact) mass is 253 g/mol. The van der Waals surface area contributed by atoms with Crippen molar-refractivity contribution in [1.29, 1.82) is 0 Å². The van der Waals surface area contributed by atoms with Crippen molar-refractivity contribution in [3.05, 3.63) is 23.8 Å². The minimum absolute atomic E-state index is 0.176. The molecule has 1 aromatic carbocycles. The summed E-state index contributed by atoms with van der Waals surface area (Å²) in [7, 11) is 3.33. The first-order chi connectivity index (χ1) is 8.52. The number of nitrogens with two attached hydrogens (primary N) is 1. The van der Waals surface area contributed by atoms with Gasteiger partial charge in [-0.15, -0.1) is 0 Å². The van der Waals surface area contributed by atoms with Crippen LogP contribution in [0.25, 0.3) is 0 Å². The maximum atomic E-state index is 5.72. The van der Waals surface area contributed by atoms with Gasteiger partial charge in [-0.2, -0.15) is 0 Å². The average Bonchev–Trinajstić information content (AvgIpc) is 2.38. The Morgan fingerprint density at radius 1 is 1.17 bits per heavy atom. The Morgan fingerprint density at radius 2 is 1.89 bits per heavy atom. The lowest BCUT2D eigenvalue weighted by Gasteiger charge is -2.23. The molecule has 0 atom stereocenters. The second kappa shape index (κ2) is 6.61. The van der Waals surface area contributed by atoms with Gasteiger partial charge in [0.2, 0.25) is 0 Å². The molecular weight excluding hydrogens is 230 g/mol. The number of rotatable bonds is 7. The van der Waals surface area contributed by atoms with E-state index in [1.165, 1.54) is 0 Å². The molecule has 0 bridgehead atoms. The van der Waals surface area contributed by atoms with Crippen LogP contribution in [-0.2, 0) is 11.3 Å². The van der Waals surface area contributed by atoms with Gasteiger partial charge in [0, 0.05) is 20.1 Å². The molecule has 0 amide bonds.